The van der Waals surface area contributed by atoms with E-state index < -0.39 is 10.0 Å². The molecular formula is C14H25N3O3S. The van der Waals surface area contributed by atoms with Crippen molar-refractivity contribution >= 4 is 10.0 Å². The van der Waals surface area contributed by atoms with Crippen LogP contribution in [0.1, 0.15) is 38.1 Å². The Hall–Kier alpha value is -0.920. The van der Waals surface area contributed by atoms with Gasteiger partial charge in [0.25, 0.3) is 0 Å². The van der Waals surface area contributed by atoms with E-state index >= 15 is 0 Å². The number of aliphatic hydroxyl groups is 1. The number of aryl methyl sites for hydroxylation is 2. The minimum Gasteiger partial charge on any atom is -0.396 e. The first kappa shape index (κ1) is 16.5. The van der Waals surface area contributed by atoms with Crippen molar-refractivity contribution in [1.82, 2.24) is 14.1 Å². The molecular weight excluding hydrogens is 290 g/mol. The van der Waals surface area contributed by atoms with Gasteiger partial charge in [0.1, 0.15) is 4.90 Å². The van der Waals surface area contributed by atoms with E-state index in [1.807, 2.05) is 0 Å². The van der Waals surface area contributed by atoms with Crippen molar-refractivity contribution in [3.05, 3.63) is 11.4 Å². The quantitative estimate of drug-likeness (QED) is 0.889. The summed E-state index contributed by atoms with van der Waals surface area (Å²) in [5.74, 6) is 0. The molecule has 0 atom stereocenters. The lowest BCUT2D eigenvalue weighted by Crippen LogP contribution is -2.31. The van der Waals surface area contributed by atoms with Crippen molar-refractivity contribution < 1.29 is 13.5 Å². The molecule has 0 aliphatic carbocycles. The van der Waals surface area contributed by atoms with Gasteiger partial charge in [-0.15, -0.1) is 0 Å². The van der Waals surface area contributed by atoms with E-state index in [0.717, 1.165) is 6.42 Å². The van der Waals surface area contributed by atoms with Gasteiger partial charge in [-0.25, -0.2) is 8.42 Å². The number of sulfonamides is 1. The van der Waals surface area contributed by atoms with Crippen LogP contribution < -0.4 is 0 Å². The Morgan fingerprint density at radius 1 is 1.33 bits per heavy atom. The average molecular weight is 315 g/mol. The Bertz CT molecular complexity index is 620. The third kappa shape index (κ3) is 3.14. The molecule has 2 rings (SSSR count). The lowest BCUT2D eigenvalue weighted by atomic mass is 9.93. The maximum absolute atomic E-state index is 12.9. The third-order valence-electron chi connectivity index (χ3n) is 4.08. The van der Waals surface area contributed by atoms with Crippen molar-refractivity contribution in [3.63, 3.8) is 0 Å². The molecule has 0 amide bonds. The molecule has 0 radical (unpaired) electrons. The predicted octanol–water partition coefficient (Wildman–Crippen LogP) is 1.30. The lowest BCUT2D eigenvalue weighted by Gasteiger charge is -2.20. The van der Waals surface area contributed by atoms with Crippen LogP contribution in [0, 0.1) is 19.3 Å². The van der Waals surface area contributed by atoms with Gasteiger partial charge in [-0.3, -0.25) is 4.68 Å². The Labute approximate surface area is 126 Å². The summed E-state index contributed by atoms with van der Waals surface area (Å²) in [5, 5.41) is 13.2. The number of aliphatic hydroxyl groups excluding tert-OH is 1. The van der Waals surface area contributed by atoms with Gasteiger partial charge in [0, 0.05) is 26.2 Å². The van der Waals surface area contributed by atoms with Crippen molar-refractivity contribution in [1.29, 1.82) is 0 Å². The van der Waals surface area contributed by atoms with Gasteiger partial charge in [-0.2, -0.15) is 9.40 Å². The molecule has 0 spiro atoms. The summed E-state index contributed by atoms with van der Waals surface area (Å²) in [4.78, 5) is 0.332. The maximum Gasteiger partial charge on any atom is 0.246 e. The number of hydrogen-bond acceptors (Lipinski definition) is 4. The first-order valence-corrected chi connectivity index (χ1v) is 8.78. The summed E-state index contributed by atoms with van der Waals surface area (Å²) in [6.07, 6.45) is 1.45. The first-order chi connectivity index (χ1) is 9.69. The normalized spacial score (nSPS) is 19.3. The second-order valence-corrected chi connectivity index (χ2v) is 8.43. The molecule has 6 nitrogen and oxygen atoms in total. The largest absolute Gasteiger partial charge is 0.396 e. The highest BCUT2D eigenvalue weighted by Crippen LogP contribution is 2.34. The van der Waals surface area contributed by atoms with E-state index in [1.165, 1.54) is 0 Å². The van der Waals surface area contributed by atoms with Gasteiger partial charge in [0.2, 0.25) is 10.0 Å². The second kappa shape index (κ2) is 5.70. The fourth-order valence-corrected chi connectivity index (χ4v) is 4.89. The van der Waals surface area contributed by atoms with Crippen LogP contribution in [0.25, 0.3) is 0 Å². The van der Waals surface area contributed by atoms with Crippen LogP contribution in [0.3, 0.4) is 0 Å². The van der Waals surface area contributed by atoms with Crippen LogP contribution >= 0.6 is 0 Å². The molecule has 1 N–H and O–H groups in total. The van der Waals surface area contributed by atoms with E-state index in [2.05, 4.69) is 18.9 Å². The molecule has 0 unspecified atom stereocenters. The molecule has 2 heterocycles. The van der Waals surface area contributed by atoms with Crippen molar-refractivity contribution in [2.24, 2.45) is 5.41 Å². The fraction of sp³-hybridized carbons (Fsp3) is 0.786. The van der Waals surface area contributed by atoms with Crippen LogP contribution in [-0.4, -0.2) is 47.3 Å². The molecule has 1 aromatic heterocycles. The topological polar surface area (TPSA) is 75.4 Å². The number of aromatic nitrogens is 2. The summed E-state index contributed by atoms with van der Waals surface area (Å²) in [7, 11) is -3.49. The second-order valence-electron chi connectivity index (χ2n) is 6.55. The molecule has 1 aliphatic heterocycles. The highest BCUT2D eigenvalue weighted by Gasteiger charge is 2.39. The van der Waals surface area contributed by atoms with Crippen molar-refractivity contribution in [2.45, 2.75) is 52.0 Å². The third-order valence-corrected chi connectivity index (χ3v) is 6.18. The number of hydrogen-bond donors (Lipinski definition) is 1. The highest BCUT2D eigenvalue weighted by atomic mass is 32.2. The van der Waals surface area contributed by atoms with Gasteiger partial charge < -0.3 is 5.11 Å². The summed E-state index contributed by atoms with van der Waals surface area (Å²) >= 11 is 0. The lowest BCUT2D eigenvalue weighted by molar-refractivity contribution is 0.276. The molecule has 120 valence electrons. The fourth-order valence-electron chi connectivity index (χ4n) is 2.89. The minimum absolute atomic E-state index is 0.0295. The van der Waals surface area contributed by atoms with E-state index in [0.29, 0.717) is 42.3 Å². The van der Waals surface area contributed by atoms with E-state index in [4.69, 9.17) is 5.11 Å². The van der Waals surface area contributed by atoms with Crippen molar-refractivity contribution in [2.75, 3.05) is 19.7 Å². The zero-order valence-corrected chi connectivity index (χ0v) is 14.1. The van der Waals surface area contributed by atoms with Crippen LogP contribution in [0.5, 0.6) is 0 Å². The van der Waals surface area contributed by atoms with Gasteiger partial charge in [0.05, 0.1) is 11.4 Å². The Morgan fingerprint density at radius 3 is 2.52 bits per heavy atom. The number of nitrogens with zero attached hydrogens (tertiary/aromatic N) is 3. The highest BCUT2D eigenvalue weighted by molar-refractivity contribution is 7.89. The average Bonchev–Trinajstić information content (AvgIpc) is 2.87. The van der Waals surface area contributed by atoms with E-state index in [-0.39, 0.29) is 12.0 Å². The van der Waals surface area contributed by atoms with Gasteiger partial charge in [-0.1, -0.05) is 13.8 Å². The molecule has 0 saturated carbocycles. The number of rotatable bonds is 5. The van der Waals surface area contributed by atoms with Crippen LogP contribution in [-0.2, 0) is 16.6 Å². The zero-order valence-electron chi connectivity index (χ0n) is 13.3. The molecule has 1 saturated heterocycles. The molecule has 1 aliphatic rings. The van der Waals surface area contributed by atoms with Crippen LogP contribution in [0.2, 0.25) is 0 Å². The first-order valence-electron chi connectivity index (χ1n) is 7.34. The van der Waals surface area contributed by atoms with Crippen LogP contribution in [0.4, 0.5) is 0 Å². The monoisotopic (exact) mass is 315 g/mol. The smallest absolute Gasteiger partial charge is 0.246 e. The standard InChI is InChI=1S/C14H25N3O3S/c1-11-13(12(2)17(15-11)7-5-9-18)21(19,20)16-8-6-14(3,4)10-16/h18H,5-10H2,1-4H3. The Morgan fingerprint density at radius 2 is 2.00 bits per heavy atom. The maximum atomic E-state index is 12.9. The zero-order chi connectivity index (χ0) is 15.8. The predicted molar refractivity (Wildman–Crippen MR) is 80.6 cm³/mol. The van der Waals surface area contributed by atoms with Crippen LogP contribution in [0.15, 0.2) is 4.90 Å². The van der Waals surface area contributed by atoms with E-state index in [9.17, 15) is 8.42 Å². The van der Waals surface area contributed by atoms with Gasteiger partial charge in [0.15, 0.2) is 0 Å². The molecule has 0 aromatic carbocycles. The summed E-state index contributed by atoms with van der Waals surface area (Å²) in [6.45, 7) is 9.42. The molecule has 21 heavy (non-hydrogen) atoms. The van der Waals surface area contributed by atoms with Crippen molar-refractivity contribution in [3.8, 4) is 0 Å². The van der Waals surface area contributed by atoms with Gasteiger partial charge in [-0.05, 0) is 32.1 Å². The summed E-state index contributed by atoms with van der Waals surface area (Å²) in [5.41, 5.74) is 1.22. The Kier molecular flexibility index (Phi) is 4.46. The molecule has 7 heteroatoms. The van der Waals surface area contributed by atoms with E-state index in [1.54, 1.807) is 22.8 Å². The SMILES string of the molecule is Cc1nn(CCCO)c(C)c1S(=O)(=O)N1CCC(C)(C)C1. The van der Waals surface area contributed by atoms with Gasteiger partial charge >= 0.3 is 0 Å². The minimum atomic E-state index is -3.49. The summed E-state index contributed by atoms with van der Waals surface area (Å²) in [6, 6.07) is 0. The molecule has 1 fully saturated rings. The Balaban J connectivity index is 2.35. The summed E-state index contributed by atoms with van der Waals surface area (Å²) < 4.78 is 29.0. The molecule has 1 aromatic rings. The molecule has 0 bridgehead atoms.